The van der Waals surface area contributed by atoms with E-state index in [1.807, 2.05) is 0 Å². The van der Waals surface area contributed by atoms with E-state index in [9.17, 15) is 14.9 Å². The van der Waals surface area contributed by atoms with Gasteiger partial charge < -0.3 is 10.4 Å². The molecular weight excluding hydrogens is 276 g/mol. The number of nitrogens with one attached hydrogen (secondary N) is 1. The lowest BCUT2D eigenvalue weighted by molar-refractivity contribution is -0.384. The van der Waals surface area contributed by atoms with Crippen molar-refractivity contribution in [1.82, 2.24) is 9.97 Å². The highest BCUT2D eigenvalue weighted by Crippen LogP contribution is 2.30. The number of hydrogen-bond acceptors (Lipinski definition) is 6. The maximum atomic E-state index is 11.0. The van der Waals surface area contributed by atoms with Gasteiger partial charge in [0.15, 0.2) is 0 Å². The summed E-state index contributed by atoms with van der Waals surface area (Å²) in [6, 6.07) is 0.0475. The molecule has 0 aromatic carbocycles. The van der Waals surface area contributed by atoms with E-state index < -0.39 is 22.3 Å². The van der Waals surface area contributed by atoms with Gasteiger partial charge in [-0.3, -0.25) is 10.1 Å². The number of aromatic nitrogens is 2. The topological polar surface area (TPSA) is 118 Å². The average Bonchev–Trinajstić information content (AvgIpc) is 2.80. The van der Waals surface area contributed by atoms with Crippen molar-refractivity contribution in [3.8, 4) is 0 Å². The molecule has 9 heteroatoms. The van der Waals surface area contributed by atoms with Crippen LogP contribution in [0.5, 0.6) is 0 Å². The molecule has 1 aliphatic rings. The van der Waals surface area contributed by atoms with Crippen molar-refractivity contribution in [2.24, 2.45) is 0 Å². The summed E-state index contributed by atoms with van der Waals surface area (Å²) in [7, 11) is 0. The lowest BCUT2D eigenvalue weighted by atomic mass is 10.2. The van der Waals surface area contributed by atoms with Crippen LogP contribution in [0.1, 0.15) is 36.2 Å². The van der Waals surface area contributed by atoms with Crippen molar-refractivity contribution >= 4 is 29.1 Å². The van der Waals surface area contributed by atoms with E-state index >= 15 is 0 Å². The number of anilines is 1. The van der Waals surface area contributed by atoms with E-state index in [1.54, 1.807) is 0 Å². The summed E-state index contributed by atoms with van der Waals surface area (Å²) in [4.78, 5) is 28.3. The van der Waals surface area contributed by atoms with Crippen LogP contribution >= 0.6 is 11.6 Å². The fraction of sp³-hybridized carbons (Fsp3) is 0.500. The van der Waals surface area contributed by atoms with Crippen LogP contribution in [0.25, 0.3) is 0 Å². The molecule has 1 heterocycles. The van der Waals surface area contributed by atoms with E-state index in [4.69, 9.17) is 16.7 Å². The van der Waals surface area contributed by atoms with Crippen molar-refractivity contribution in [3.05, 3.63) is 21.1 Å². The van der Waals surface area contributed by atoms with Crippen LogP contribution in [0.2, 0.25) is 5.28 Å². The van der Waals surface area contributed by atoms with Gasteiger partial charge in [-0.05, 0) is 24.4 Å². The van der Waals surface area contributed by atoms with Crippen LogP contribution in [0.4, 0.5) is 11.5 Å². The quantitative estimate of drug-likeness (QED) is 0.494. The first-order valence-corrected chi connectivity index (χ1v) is 6.08. The highest BCUT2D eigenvalue weighted by molar-refractivity contribution is 6.28. The predicted molar refractivity (Wildman–Crippen MR) is 66.5 cm³/mol. The number of nitrogens with zero attached hydrogens (tertiary/aromatic N) is 3. The summed E-state index contributed by atoms with van der Waals surface area (Å²) >= 11 is 5.61. The van der Waals surface area contributed by atoms with Crippen LogP contribution in [0, 0.1) is 10.1 Å². The monoisotopic (exact) mass is 286 g/mol. The molecule has 0 bridgehead atoms. The molecule has 1 aromatic heterocycles. The molecule has 8 nitrogen and oxygen atoms in total. The molecule has 1 fully saturated rings. The Hall–Kier alpha value is -1.96. The minimum absolute atomic E-state index is 0.0475. The maximum absolute atomic E-state index is 11.0. The predicted octanol–water partition coefficient (Wildman–Crippen LogP) is 2.09. The molecule has 2 N–H and O–H groups in total. The van der Waals surface area contributed by atoms with Gasteiger partial charge in [-0.25, -0.2) is 9.78 Å². The van der Waals surface area contributed by atoms with E-state index in [1.165, 1.54) is 0 Å². The number of aromatic carboxylic acids is 1. The van der Waals surface area contributed by atoms with Crippen molar-refractivity contribution in [2.75, 3.05) is 5.32 Å². The summed E-state index contributed by atoms with van der Waals surface area (Å²) in [5, 5.41) is 22.5. The van der Waals surface area contributed by atoms with Gasteiger partial charge in [-0.15, -0.1) is 0 Å². The summed E-state index contributed by atoms with van der Waals surface area (Å²) in [6.07, 6.45) is 3.77. The molecule has 1 aliphatic carbocycles. The zero-order valence-corrected chi connectivity index (χ0v) is 10.6. The Morgan fingerprint density at radius 1 is 1.42 bits per heavy atom. The lowest BCUT2D eigenvalue weighted by Crippen LogP contribution is -2.19. The molecule has 0 aliphatic heterocycles. The second kappa shape index (κ2) is 5.35. The number of carboxylic acid groups (broad SMARTS) is 1. The third kappa shape index (κ3) is 2.90. The fourth-order valence-corrected chi connectivity index (χ4v) is 2.28. The smallest absolute Gasteiger partial charge is 0.362 e. The number of hydrogen-bond donors (Lipinski definition) is 2. The first-order chi connectivity index (χ1) is 8.99. The molecule has 0 saturated heterocycles. The number of nitro groups is 1. The summed E-state index contributed by atoms with van der Waals surface area (Å²) < 4.78 is 0. The van der Waals surface area contributed by atoms with E-state index in [0.29, 0.717) is 0 Å². The zero-order chi connectivity index (χ0) is 14.0. The number of halogens is 1. The highest BCUT2D eigenvalue weighted by atomic mass is 35.5. The van der Waals surface area contributed by atoms with Gasteiger partial charge in [0.1, 0.15) is 0 Å². The SMILES string of the molecule is O=C(O)c1nc(Cl)nc(NC2CCCC2)c1[N+](=O)[O-]. The molecule has 0 amide bonds. The van der Waals surface area contributed by atoms with Crippen LogP contribution in [0.3, 0.4) is 0 Å². The molecule has 2 rings (SSSR count). The standard InChI is InChI=1S/C10H11ClN4O4/c11-10-13-6(9(16)17)7(15(18)19)8(14-10)12-5-3-1-2-4-5/h5H,1-4H2,(H,16,17)(H,12,13,14). The summed E-state index contributed by atoms with van der Waals surface area (Å²) in [5.74, 6) is -1.64. The maximum Gasteiger partial charge on any atom is 0.362 e. The minimum Gasteiger partial charge on any atom is -0.476 e. The van der Waals surface area contributed by atoms with Gasteiger partial charge in [-0.2, -0.15) is 4.98 Å². The van der Waals surface area contributed by atoms with Crippen molar-refractivity contribution in [1.29, 1.82) is 0 Å². The third-order valence-electron chi connectivity index (χ3n) is 2.94. The van der Waals surface area contributed by atoms with Crippen molar-refractivity contribution in [2.45, 2.75) is 31.7 Å². The summed E-state index contributed by atoms with van der Waals surface area (Å²) in [6.45, 7) is 0. The Balaban J connectivity index is 2.44. The van der Waals surface area contributed by atoms with Gasteiger partial charge >= 0.3 is 11.7 Å². The highest BCUT2D eigenvalue weighted by Gasteiger charge is 2.30. The second-order valence-corrected chi connectivity index (χ2v) is 4.56. The van der Waals surface area contributed by atoms with Gasteiger partial charge in [0.25, 0.3) is 0 Å². The molecule has 1 aromatic rings. The molecule has 19 heavy (non-hydrogen) atoms. The van der Waals surface area contributed by atoms with E-state index in [2.05, 4.69) is 15.3 Å². The number of carbonyl (C=O) groups is 1. The van der Waals surface area contributed by atoms with Gasteiger partial charge in [0, 0.05) is 6.04 Å². The van der Waals surface area contributed by atoms with Crippen LogP contribution in [0.15, 0.2) is 0 Å². The normalized spacial score (nSPS) is 15.4. The number of carboxylic acids is 1. The largest absolute Gasteiger partial charge is 0.476 e. The Bertz CT molecular complexity index is 531. The van der Waals surface area contributed by atoms with Crippen LogP contribution < -0.4 is 5.32 Å². The molecular formula is C10H11ClN4O4. The van der Waals surface area contributed by atoms with Gasteiger partial charge in [0.2, 0.25) is 16.8 Å². The fourth-order valence-electron chi connectivity index (χ4n) is 2.11. The molecule has 1 saturated carbocycles. The van der Waals surface area contributed by atoms with E-state index in [0.717, 1.165) is 25.7 Å². The number of rotatable bonds is 4. The first kappa shape index (κ1) is 13.5. The van der Waals surface area contributed by atoms with Gasteiger partial charge in [0.05, 0.1) is 4.92 Å². The molecule has 0 spiro atoms. The Kier molecular flexibility index (Phi) is 3.79. The molecule has 102 valence electrons. The summed E-state index contributed by atoms with van der Waals surface area (Å²) in [5.41, 5.74) is -1.35. The molecule has 0 unspecified atom stereocenters. The first-order valence-electron chi connectivity index (χ1n) is 5.71. The Morgan fingerprint density at radius 3 is 2.58 bits per heavy atom. The van der Waals surface area contributed by atoms with Gasteiger partial charge in [-0.1, -0.05) is 12.8 Å². The van der Waals surface area contributed by atoms with Crippen LogP contribution in [-0.2, 0) is 0 Å². The third-order valence-corrected chi connectivity index (χ3v) is 3.11. The molecule has 0 atom stereocenters. The minimum atomic E-state index is -1.51. The molecule has 0 radical (unpaired) electrons. The van der Waals surface area contributed by atoms with Crippen LogP contribution in [-0.4, -0.2) is 32.0 Å². The zero-order valence-electron chi connectivity index (χ0n) is 9.80. The van der Waals surface area contributed by atoms with Crippen molar-refractivity contribution < 1.29 is 14.8 Å². The lowest BCUT2D eigenvalue weighted by Gasteiger charge is -2.13. The van der Waals surface area contributed by atoms with E-state index in [-0.39, 0.29) is 17.1 Å². The Labute approximate surface area is 113 Å². The second-order valence-electron chi connectivity index (χ2n) is 4.23. The average molecular weight is 287 g/mol. The van der Waals surface area contributed by atoms with Crippen molar-refractivity contribution in [3.63, 3.8) is 0 Å². The Morgan fingerprint density at radius 2 is 2.05 bits per heavy atom.